The molecule has 0 spiro atoms. The summed E-state index contributed by atoms with van der Waals surface area (Å²) in [6, 6.07) is 4.31. The van der Waals surface area contributed by atoms with Crippen LogP contribution in [-0.4, -0.2) is 37.4 Å². The number of ether oxygens (including phenoxy) is 1. The van der Waals surface area contributed by atoms with Crippen LogP contribution >= 0.6 is 0 Å². The van der Waals surface area contributed by atoms with E-state index >= 15 is 0 Å². The number of carboxylic acids is 1. The lowest BCUT2D eigenvalue weighted by molar-refractivity contribution is -0.134. The van der Waals surface area contributed by atoms with Crippen LogP contribution in [0.5, 0.6) is 5.75 Å². The van der Waals surface area contributed by atoms with Gasteiger partial charge in [0, 0.05) is 0 Å². The van der Waals surface area contributed by atoms with E-state index in [9.17, 15) is 13.2 Å². The number of nitrogens with one attached hydrogen (secondary N) is 1. The standard InChI is InChI=1S/C12H15NO5S/c1-12(2)7-13-9-5-8(3-4-10(9)18-12)19(16,17)6-11(14)15/h3-5,13H,6-7H2,1-2H3,(H,14,15). The minimum Gasteiger partial charge on any atom is -0.484 e. The van der Waals surface area contributed by atoms with Crippen LogP contribution in [0.25, 0.3) is 0 Å². The zero-order chi connectivity index (χ0) is 14.3. The lowest BCUT2D eigenvalue weighted by atomic mass is 10.1. The molecule has 7 heteroatoms. The number of carboxylic acid groups (broad SMARTS) is 1. The van der Waals surface area contributed by atoms with Gasteiger partial charge in [-0.1, -0.05) is 0 Å². The lowest BCUT2D eigenvalue weighted by Crippen LogP contribution is -2.40. The topological polar surface area (TPSA) is 92.7 Å². The monoisotopic (exact) mass is 285 g/mol. The molecule has 0 fully saturated rings. The van der Waals surface area contributed by atoms with Gasteiger partial charge in [-0.2, -0.15) is 0 Å². The second-order valence-electron chi connectivity index (χ2n) is 5.03. The number of benzene rings is 1. The molecule has 0 radical (unpaired) electrons. The number of aliphatic carboxylic acids is 1. The van der Waals surface area contributed by atoms with Crippen molar-refractivity contribution in [2.75, 3.05) is 17.6 Å². The number of anilines is 1. The maximum Gasteiger partial charge on any atom is 0.319 e. The highest BCUT2D eigenvalue weighted by Crippen LogP contribution is 2.34. The van der Waals surface area contributed by atoms with E-state index in [2.05, 4.69) is 5.32 Å². The number of sulfone groups is 1. The number of hydrogen-bond donors (Lipinski definition) is 2. The molecule has 0 saturated carbocycles. The molecule has 19 heavy (non-hydrogen) atoms. The molecule has 1 aliphatic rings. The molecule has 1 aromatic carbocycles. The summed E-state index contributed by atoms with van der Waals surface area (Å²) in [5.41, 5.74) is 0.194. The maximum absolute atomic E-state index is 11.8. The Morgan fingerprint density at radius 2 is 2.16 bits per heavy atom. The average molecular weight is 285 g/mol. The predicted molar refractivity (Wildman–Crippen MR) is 69.3 cm³/mol. The molecule has 0 unspecified atom stereocenters. The molecule has 1 aliphatic heterocycles. The number of carbonyl (C=O) groups is 1. The van der Waals surface area contributed by atoms with Crippen LogP contribution in [0.15, 0.2) is 23.1 Å². The fraction of sp³-hybridized carbons (Fsp3) is 0.417. The molecule has 0 aliphatic carbocycles. The molecule has 0 atom stereocenters. The first-order chi connectivity index (χ1) is 8.70. The molecule has 2 rings (SSSR count). The van der Waals surface area contributed by atoms with Gasteiger partial charge >= 0.3 is 5.97 Å². The van der Waals surface area contributed by atoms with E-state index in [1.165, 1.54) is 18.2 Å². The van der Waals surface area contributed by atoms with Gasteiger partial charge in [-0.05, 0) is 32.0 Å². The molecule has 2 N–H and O–H groups in total. The first kappa shape index (κ1) is 13.7. The van der Waals surface area contributed by atoms with E-state index in [0.717, 1.165) is 0 Å². The maximum atomic E-state index is 11.8. The smallest absolute Gasteiger partial charge is 0.319 e. The van der Waals surface area contributed by atoms with Crippen molar-refractivity contribution in [3.63, 3.8) is 0 Å². The molecule has 6 nitrogen and oxygen atoms in total. The summed E-state index contributed by atoms with van der Waals surface area (Å²) in [4.78, 5) is 10.5. The van der Waals surface area contributed by atoms with Gasteiger partial charge < -0.3 is 15.2 Å². The van der Waals surface area contributed by atoms with Crippen molar-refractivity contribution in [3.8, 4) is 5.75 Å². The van der Waals surface area contributed by atoms with Crippen LogP contribution in [0.2, 0.25) is 0 Å². The SMILES string of the molecule is CC1(C)CNc2cc(S(=O)(=O)CC(=O)O)ccc2O1. The first-order valence-corrected chi connectivity index (χ1v) is 7.36. The Bertz CT molecular complexity index is 621. The Morgan fingerprint density at radius 3 is 2.79 bits per heavy atom. The van der Waals surface area contributed by atoms with Crippen molar-refractivity contribution in [3.05, 3.63) is 18.2 Å². The molecule has 104 valence electrons. The summed E-state index contributed by atoms with van der Waals surface area (Å²) in [6.45, 7) is 4.37. The van der Waals surface area contributed by atoms with E-state index in [-0.39, 0.29) is 10.5 Å². The average Bonchev–Trinajstić information content (AvgIpc) is 2.25. The third kappa shape index (κ3) is 2.98. The summed E-state index contributed by atoms with van der Waals surface area (Å²) >= 11 is 0. The van der Waals surface area contributed by atoms with E-state index in [4.69, 9.17) is 9.84 Å². The second-order valence-corrected chi connectivity index (χ2v) is 7.02. The summed E-state index contributed by atoms with van der Waals surface area (Å²) in [5, 5.41) is 11.7. The highest BCUT2D eigenvalue weighted by molar-refractivity contribution is 7.92. The van der Waals surface area contributed by atoms with Crippen molar-refractivity contribution in [2.24, 2.45) is 0 Å². The third-order valence-electron chi connectivity index (χ3n) is 2.71. The van der Waals surface area contributed by atoms with Crippen molar-refractivity contribution in [1.82, 2.24) is 0 Å². The first-order valence-electron chi connectivity index (χ1n) is 5.71. The molecule has 1 aromatic rings. The Morgan fingerprint density at radius 1 is 1.47 bits per heavy atom. The fourth-order valence-electron chi connectivity index (χ4n) is 1.82. The number of rotatable bonds is 3. The van der Waals surface area contributed by atoms with E-state index in [1.54, 1.807) is 0 Å². The van der Waals surface area contributed by atoms with Gasteiger partial charge in [0.05, 0.1) is 17.1 Å². The number of hydrogen-bond acceptors (Lipinski definition) is 5. The Hall–Kier alpha value is -1.76. The molecule has 0 aromatic heterocycles. The molecule has 0 saturated heterocycles. The highest BCUT2D eigenvalue weighted by atomic mass is 32.2. The van der Waals surface area contributed by atoms with Crippen molar-refractivity contribution in [1.29, 1.82) is 0 Å². The van der Waals surface area contributed by atoms with Crippen LogP contribution in [0, 0.1) is 0 Å². The van der Waals surface area contributed by atoms with Gasteiger partial charge in [-0.15, -0.1) is 0 Å². The molecule has 1 heterocycles. The van der Waals surface area contributed by atoms with E-state index in [0.29, 0.717) is 18.0 Å². The second kappa shape index (κ2) is 4.41. The lowest BCUT2D eigenvalue weighted by Gasteiger charge is -2.33. The van der Waals surface area contributed by atoms with Crippen LogP contribution in [0.3, 0.4) is 0 Å². The predicted octanol–water partition coefficient (Wildman–Crippen LogP) is 1.13. The molecular formula is C12H15NO5S. The van der Waals surface area contributed by atoms with Gasteiger partial charge in [0.2, 0.25) is 0 Å². The Balaban J connectivity index is 2.35. The van der Waals surface area contributed by atoms with Crippen LogP contribution in [-0.2, 0) is 14.6 Å². The van der Waals surface area contributed by atoms with E-state index in [1.807, 2.05) is 13.8 Å². The minimum absolute atomic E-state index is 0.0237. The van der Waals surface area contributed by atoms with Gasteiger partial charge in [-0.3, -0.25) is 4.79 Å². The Labute approximate surface area is 111 Å². The van der Waals surface area contributed by atoms with Gasteiger partial charge in [-0.25, -0.2) is 8.42 Å². The third-order valence-corrected chi connectivity index (χ3v) is 4.31. The largest absolute Gasteiger partial charge is 0.484 e. The quantitative estimate of drug-likeness (QED) is 0.864. The zero-order valence-corrected chi connectivity index (χ0v) is 11.5. The van der Waals surface area contributed by atoms with Crippen molar-refractivity contribution < 1.29 is 23.1 Å². The van der Waals surface area contributed by atoms with Gasteiger partial charge in [0.1, 0.15) is 11.4 Å². The van der Waals surface area contributed by atoms with Crippen LogP contribution in [0.4, 0.5) is 5.69 Å². The van der Waals surface area contributed by atoms with Gasteiger partial charge in [0.15, 0.2) is 15.6 Å². The normalized spacial score (nSPS) is 16.9. The van der Waals surface area contributed by atoms with Gasteiger partial charge in [0.25, 0.3) is 0 Å². The number of fused-ring (bicyclic) bond motifs is 1. The molecule has 0 bridgehead atoms. The van der Waals surface area contributed by atoms with Crippen LogP contribution < -0.4 is 10.1 Å². The van der Waals surface area contributed by atoms with Crippen molar-refractivity contribution in [2.45, 2.75) is 24.3 Å². The van der Waals surface area contributed by atoms with E-state index < -0.39 is 21.6 Å². The fourth-order valence-corrected chi connectivity index (χ4v) is 2.88. The highest BCUT2D eigenvalue weighted by Gasteiger charge is 2.28. The summed E-state index contributed by atoms with van der Waals surface area (Å²) in [5.74, 6) is -1.73. The Kier molecular flexibility index (Phi) is 3.17. The molecular weight excluding hydrogens is 270 g/mol. The van der Waals surface area contributed by atoms with Crippen molar-refractivity contribution >= 4 is 21.5 Å². The summed E-state index contributed by atoms with van der Waals surface area (Å²) < 4.78 is 29.3. The summed E-state index contributed by atoms with van der Waals surface area (Å²) in [6.07, 6.45) is 0. The zero-order valence-electron chi connectivity index (χ0n) is 10.6. The summed E-state index contributed by atoms with van der Waals surface area (Å²) in [7, 11) is -3.82. The van der Waals surface area contributed by atoms with Crippen LogP contribution in [0.1, 0.15) is 13.8 Å². The minimum atomic E-state index is -3.82. The molecule has 0 amide bonds.